The lowest BCUT2D eigenvalue weighted by Crippen LogP contribution is -2.28. The highest BCUT2D eigenvalue weighted by Gasteiger charge is 2.14. The molecular formula is C26H28N2O4. The van der Waals surface area contributed by atoms with E-state index >= 15 is 0 Å². The van der Waals surface area contributed by atoms with E-state index in [1.54, 1.807) is 18.8 Å². The third-order valence-corrected chi connectivity index (χ3v) is 5.55. The number of methoxy groups -OCH3 is 2. The number of hydrogen-bond donors (Lipinski definition) is 1. The normalized spacial score (nSPS) is 11.1. The zero-order chi connectivity index (χ0) is 22.7. The second kappa shape index (κ2) is 9.32. The summed E-state index contributed by atoms with van der Waals surface area (Å²) in [5, 5.41) is 4.24. The van der Waals surface area contributed by atoms with Crippen molar-refractivity contribution in [2.75, 3.05) is 14.2 Å². The summed E-state index contributed by atoms with van der Waals surface area (Å²) >= 11 is 0. The van der Waals surface area contributed by atoms with Gasteiger partial charge in [-0.15, -0.1) is 0 Å². The Morgan fingerprint density at radius 1 is 0.906 bits per heavy atom. The maximum atomic E-state index is 13.5. The number of aryl methyl sites for hydroxylation is 2. The highest BCUT2D eigenvalue weighted by Crippen LogP contribution is 2.32. The average Bonchev–Trinajstić information content (AvgIpc) is 3.21. The number of hydrogen-bond acceptors (Lipinski definition) is 5. The van der Waals surface area contributed by atoms with Gasteiger partial charge in [-0.3, -0.25) is 4.79 Å². The van der Waals surface area contributed by atoms with Gasteiger partial charge in [0.2, 0.25) is 0 Å². The molecule has 0 radical (unpaired) electrons. The van der Waals surface area contributed by atoms with E-state index in [9.17, 15) is 4.79 Å². The monoisotopic (exact) mass is 432 g/mol. The van der Waals surface area contributed by atoms with Crippen molar-refractivity contribution >= 4 is 10.9 Å². The van der Waals surface area contributed by atoms with Crippen molar-refractivity contribution in [3.63, 3.8) is 0 Å². The summed E-state index contributed by atoms with van der Waals surface area (Å²) in [5.41, 5.74) is 3.69. The molecule has 4 aromatic rings. The first-order valence-corrected chi connectivity index (χ1v) is 10.6. The fourth-order valence-corrected chi connectivity index (χ4v) is 3.83. The summed E-state index contributed by atoms with van der Waals surface area (Å²) in [4.78, 5) is 13.5. The Balaban J connectivity index is 1.74. The molecule has 0 spiro atoms. The molecule has 6 nitrogen and oxygen atoms in total. The van der Waals surface area contributed by atoms with Gasteiger partial charge in [0.25, 0.3) is 5.56 Å². The van der Waals surface area contributed by atoms with Gasteiger partial charge in [-0.1, -0.05) is 29.8 Å². The average molecular weight is 433 g/mol. The molecule has 2 aromatic carbocycles. The maximum Gasteiger partial charge on any atom is 0.255 e. The van der Waals surface area contributed by atoms with Gasteiger partial charge in [-0.25, -0.2) is 0 Å². The summed E-state index contributed by atoms with van der Waals surface area (Å²) in [7, 11) is 3.21. The third-order valence-electron chi connectivity index (χ3n) is 5.55. The van der Waals surface area contributed by atoms with Crippen LogP contribution >= 0.6 is 0 Å². The molecule has 0 saturated carbocycles. The van der Waals surface area contributed by atoms with E-state index in [2.05, 4.69) is 36.5 Å². The number of nitrogens with zero attached hydrogens (tertiary/aromatic N) is 1. The van der Waals surface area contributed by atoms with Crippen LogP contribution in [-0.4, -0.2) is 18.8 Å². The van der Waals surface area contributed by atoms with Crippen LogP contribution in [0, 0.1) is 13.8 Å². The van der Waals surface area contributed by atoms with Crippen molar-refractivity contribution in [2.24, 2.45) is 0 Å². The molecular weight excluding hydrogens is 404 g/mol. The topological polar surface area (TPSA) is 65.6 Å². The summed E-state index contributed by atoms with van der Waals surface area (Å²) in [6, 6.07) is 17.8. The maximum absolute atomic E-state index is 13.5. The Hall–Kier alpha value is -3.51. The molecule has 0 atom stereocenters. The highest BCUT2D eigenvalue weighted by atomic mass is 16.5. The lowest BCUT2D eigenvalue weighted by atomic mass is 10.1. The zero-order valence-corrected chi connectivity index (χ0v) is 18.9. The van der Waals surface area contributed by atoms with E-state index in [0.29, 0.717) is 36.7 Å². The number of rotatable bonds is 8. The first-order chi connectivity index (χ1) is 15.5. The van der Waals surface area contributed by atoms with Crippen LogP contribution in [0.4, 0.5) is 0 Å². The van der Waals surface area contributed by atoms with Gasteiger partial charge in [-0.2, -0.15) is 0 Å². The van der Waals surface area contributed by atoms with Crippen molar-refractivity contribution in [1.82, 2.24) is 9.88 Å². The zero-order valence-electron chi connectivity index (χ0n) is 18.9. The Kier molecular flexibility index (Phi) is 6.32. The molecule has 0 aliphatic rings. The van der Waals surface area contributed by atoms with Crippen molar-refractivity contribution in [3.05, 3.63) is 93.2 Å². The predicted molar refractivity (Wildman–Crippen MR) is 126 cm³/mol. The van der Waals surface area contributed by atoms with Gasteiger partial charge in [0.1, 0.15) is 11.5 Å². The van der Waals surface area contributed by atoms with Crippen molar-refractivity contribution in [2.45, 2.75) is 33.5 Å². The molecule has 166 valence electrons. The fraction of sp³-hybridized carbons (Fsp3) is 0.269. The summed E-state index contributed by atoms with van der Waals surface area (Å²) < 4.78 is 18.4. The first-order valence-electron chi connectivity index (χ1n) is 10.6. The molecule has 6 heteroatoms. The Morgan fingerprint density at radius 2 is 1.62 bits per heavy atom. The number of pyridine rings is 1. The number of ether oxygens (including phenoxy) is 2. The minimum atomic E-state index is -0.0339. The predicted octanol–water partition coefficient (Wildman–Crippen LogP) is 4.57. The fourth-order valence-electron chi connectivity index (χ4n) is 3.83. The van der Waals surface area contributed by atoms with Gasteiger partial charge >= 0.3 is 0 Å². The van der Waals surface area contributed by atoms with Gasteiger partial charge in [-0.05, 0) is 43.7 Å². The van der Waals surface area contributed by atoms with Gasteiger partial charge in [0.05, 0.1) is 32.8 Å². The van der Waals surface area contributed by atoms with Gasteiger partial charge in [0.15, 0.2) is 11.5 Å². The highest BCUT2D eigenvalue weighted by molar-refractivity contribution is 5.84. The van der Waals surface area contributed by atoms with Crippen LogP contribution in [0.25, 0.3) is 10.9 Å². The van der Waals surface area contributed by atoms with Crippen LogP contribution in [0.1, 0.15) is 28.2 Å². The van der Waals surface area contributed by atoms with Gasteiger partial charge < -0.3 is 23.8 Å². The van der Waals surface area contributed by atoms with Crippen LogP contribution in [0.2, 0.25) is 0 Å². The van der Waals surface area contributed by atoms with E-state index in [-0.39, 0.29) is 5.56 Å². The lowest BCUT2D eigenvalue weighted by Gasteiger charge is -2.16. The van der Waals surface area contributed by atoms with Crippen LogP contribution in [0.3, 0.4) is 0 Å². The molecule has 4 rings (SSSR count). The van der Waals surface area contributed by atoms with E-state index in [0.717, 1.165) is 28.0 Å². The van der Waals surface area contributed by atoms with Crippen molar-refractivity contribution < 1.29 is 13.9 Å². The van der Waals surface area contributed by atoms with Crippen LogP contribution in [0.15, 0.2) is 63.8 Å². The van der Waals surface area contributed by atoms with Crippen LogP contribution < -0.4 is 20.3 Å². The smallest absolute Gasteiger partial charge is 0.255 e. The molecule has 0 aliphatic carbocycles. The van der Waals surface area contributed by atoms with Crippen molar-refractivity contribution in [1.29, 1.82) is 0 Å². The minimum absolute atomic E-state index is 0.0339. The number of furan rings is 1. The largest absolute Gasteiger partial charge is 0.493 e. The van der Waals surface area contributed by atoms with Crippen molar-refractivity contribution in [3.8, 4) is 11.5 Å². The second-order valence-corrected chi connectivity index (χ2v) is 7.93. The summed E-state index contributed by atoms with van der Waals surface area (Å²) in [6.07, 6.45) is 0. The quantitative estimate of drug-likeness (QED) is 0.442. The molecule has 0 saturated heterocycles. The van der Waals surface area contributed by atoms with Crippen LogP contribution in [-0.2, 0) is 19.6 Å². The summed E-state index contributed by atoms with van der Waals surface area (Å²) in [6.45, 7) is 5.41. The molecule has 0 fully saturated rings. The van der Waals surface area contributed by atoms with E-state index in [1.807, 2.05) is 37.3 Å². The number of nitrogens with one attached hydrogen (secondary N) is 1. The first kappa shape index (κ1) is 21.7. The molecule has 2 heterocycles. The third kappa shape index (κ3) is 4.55. The molecule has 0 aliphatic heterocycles. The summed E-state index contributed by atoms with van der Waals surface area (Å²) in [5.74, 6) is 2.94. The van der Waals surface area contributed by atoms with E-state index < -0.39 is 0 Å². The van der Waals surface area contributed by atoms with Gasteiger partial charge in [0, 0.05) is 23.6 Å². The minimum Gasteiger partial charge on any atom is -0.493 e. The lowest BCUT2D eigenvalue weighted by molar-refractivity contribution is 0.355. The standard InChI is InChI=1S/C26H28N2O4/c1-17-5-8-19(9-6-17)16-28-23-13-25(31-4)24(30-3)12-20(23)11-21(26(28)29)14-27-15-22-10-7-18(2)32-22/h5-13,27H,14-16H2,1-4H3. The molecule has 0 bridgehead atoms. The molecule has 32 heavy (non-hydrogen) atoms. The van der Waals surface area contributed by atoms with E-state index in [1.165, 1.54) is 5.56 Å². The number of benzene rings is 2. The van der Waals surface area contributed by atoms with Crippen LogP contribution in [0.5, 0.6) is 11.5 Å². The number of aromatic nitrogens is 1. The second-order valence-electron chi connectivity index (χ2n) is 7.93. The molecule has 2 aromatic heterocycles. The Labute approximate surface area is 187 Å². The molecule has 1 N–H and O–H groups in total. The molecule has 0 unspecified atom stereocenters. The number of fused-ring (bicyclic) bond motifs is 1. The van der Waals surface area contributed by atoms with E-state index in [4.69, 9.17) is 13.9 Å². The SMILES string of the molecule is COc1cc2cc(CNCc3ccc(C)o3)c(=O)n(Cc3ccc(C)cc3)c2cc1OC. The molecule has 0 amide bonds. The Morgan fingerprint density at radius 3 is 2.28 bits per heavy atom. The Bertz CT molecular complexity index is 1290.